The first-order valence-electron chi connectivity index (χ1n) is 14.2. The van der Waals surface area contributed by atoms with Crippen LogP contribution in [0.15, 0.2) is 0 Å². The van der Waals surface area contributed by atoms with Crippen LogP contribution in [-0.4, -0.2) is 48.2 Å². The van der Waals surface area contributed by atoms with Crippen molar-refractivity contribution in [2.24, 2.45) is 0 Å². The third kappa shape index (κ3) is 22.9. The number of rotatable bonds is 26. The molecule has 0 amide bonds. The molecule has 5 nitrogen and oxygen atoms in total. The molecular weight excluding hydrogens is 416 g/mol. The number of esters is 1. The Morgan fingerprint density at radius 1 is 0.697 bits per heavy atom. The van der Waals surface area contributed by atoms with Crippen LogP contribution in [0.25, 0.3) is 0 Å². The van der Waals surface area contributed by atoms with E-state index >= 15 is 0 Å². The van der Waals surface area contributed by atoms with Gasteiger partial charge in [-0.1, -0.05) is 96.8 Å². The molecule has 2 unspecified atom stereocenters. The maximum absolute atomic E-state index is 11.4. The van der Waals surface area contributed by atoms with Gasteiger partial charge in [0, 0.05) is 19.6 Å². The summed E-state index contributed by atoms with van der Waals surface area (Å²) in [5, 5.41) is 19.7. The van der Waals surface area contributed by atoms with Gasteiger partial charge in [-0.05, 0) is 39.0 Å². The van der Waals surface area contributed by atoms with E-state index in [1.165, 1.54) is 57.8 Å². The lowest BCUT2D eigenvalue weighted by Crippen LogP contribution is -2.29. The average Bonchev–Trinajstić information content (AvgIpc) is 2.81. The summed E-state index contributed by atoms with van der Waals surface area (Å²) in [4.78, 5) is 11.4. The Kier molecular flexibility index (Phi) is 25.5. The Morgan fingerprint density at radius 2 is 1.24 bits per heavy atom. The molecule has 33 heavy (non-hydrogen) atoms. The van der Waals surface area contributed by atoms with Crippen molar-refractivity contribution in [1.29, 1.82) is 0 Å². The van der Waals surface area contributed by atoms with Gasteiger partial charge in [0.05, 0.1) is 18.8 Å². The molecular formula is C28H56O5. The van der Waals surface area contributed by atoms with Crippen molar-refractivity contribution in [1.82, 2.24) is 0 Å². The van der Waals surface area contributed by atoms with Crippen LogP contribution in [0.2, 0.25) is 0 Å². The Labute approximate surface area is 205 Å². The molecule has 0 heterocycles. The summed E-state index contributed by atoms with van der Waals surface area (Å²) in [5.74, 6) is -0.0936. The van der Waals surface area contributed by atoms with E-state index in [1.807, 2.05) is 6.92 Å². The Balaban J connectivity index is 3.94. The smallest absolute Gasteiger partial charge is 0.305 e. The van der Waals surface area contributed by atoms with Crippen LogP contribution in [0.5, 0.6) is 0 Å². The summed E-state index contributed by atoms with van der Waals surface area (Å²) in [6.45, 7) is 5.36. The lowest BCUT2D eigenvalue weighted by molar-refractivity contribution is -0.143. The molecule has 0 aliphatic heterocycles. The lowest BCUT2D eigenvalue weighted by atomic mass is 9.99. The van der Waals surface area contributed by atoms with Crippen molar-refractivity contribution in [3.8, 4) is 0 Å². The average molecular weight is 473 g/mol. The molecule has 0 aliphatic rings. The fourth-order valence-corrected chi connectivity index (χ4v) is 4.24. The monoisotopic (exact) mass is 472 g/mol. The van der Waals surface area contributed by atoms with Gasteiger partial charge < -0.3 is 19.7 Å². The van der Waals surface area contributed by atoms with Crippen molar-refractivity contribution >= 4 is 5.97 Å². The summed E-state index contributed by atoms with van der Waals surface area (Å²) in [6, 6.07) is 0. The second-order valence-electron chi connectivity index (χ2n) is 9.49. The highest BCUT2D eigenvalue weighted by atomic mass is 16.5. The van der Waals surface area contributed by atoms with E-state index in [1.54, 1.807) is 0 Å². The Bertz CT molecular complexity index is 402. The molecule has 2 atom stereocenters. The number of ether oxygens (including phenoxy) is 2. The predicted octanol–water partition coefficient (Wildman–Crippen LogP) is 7.11. The highest BCUT2D eigenvalue weighted by Crippen LogP contribution is 2.18. The first kappa shape index (κ1) is 32.4. The van der Waals surface area contributed by atoms with Crippen LogP contribution in [0.1, 0.15) is 142 Å². The van der Waals surface area contributed by atoms with Crippen molar-refractivity contribution in [3.63, 3.8) is 0 Å². The second-order valence-corrected chi connectivity index (χ2v) is 9.49. The van der Waals surface area contributed by atoms with E-state index in [2.05, 4.69) is 6.92 Å². The maximum atomic E-state index is 11.4. The zero-order valence-electron chi connectivity index (χ0n) is 22.0. The molecule has 0 saturated carbocycles. The van der Waals surface area contributed by atoms with Crippen molar-refractivity contribution < 1.29 is 24.5 Å². The van der Waals surface area contributed by atoms with Crippen molar-refractivity contribution in [3.05, 3.63) is 0 Å². The first-order valence-corrected chi connectivity index (χ1v) is 14.2. The molecule has 2 N–H and O–H groups in total. The fourth-order valence-electron chi connectivity index (χ4n) is 4.24. The number of hydrogen-bond donors (Lipinski definition) is 2. The molecule has 0 saturated heterocycles. The summed E-state index contributed by atoms with van der Waals surface area (Å²) in [5.41, 5.74) is 0. The highest BCUT2D eigenvalue weighted by molar-refractivity contribution is 5.69. The summed E-state index contributed by atoms with van der Waals surface area (Å²) < 4.78 is 11.0. The van der Waals surface area contributed by atoms with E-state index in [-0.39, 0.29) is 18.7 Å². The van der Waals surface area contributed by atoms with Crippen LogP contribution >= 0.6 is 0 Å². The normalized spacial score (nSPS) is 13.2. The zero-order chi connectivity index (χ0) is 24.4. The predicted molar refractivity (Wildman–Crippen MR) is 137 cm³/mol. The number of carbonyl (C=O) groups is 1. The van der Waals surface area contributed by atoms with Gasteiger partial charge >= 0.3 is 5.97 Å². The van der Waals surface area contributed by atoms with E-state index in [0.717, 1.165) is 64.2 Å². The van der Waals surface area contributed by atoms with Crippen molar-refractivity contribution in [2.75, 3.05) is 19.8 Å². The summed E-state index contributed by atoms with van der Waals surface area (Å²) in [7, 11) is 0. The quantitative estimate of drug-likeness (QED) is 0.104. The van der Waals surface area contributed by atoms with Crippen LogP contribution in [-0.2, 0) is 14.3 Å². The summed E-state index contributed by atoms with van der Waals surface area (Å²) >= 11 is 0. The number of unbranched alkanes of at least 4 members (excludes halogenated alkanes) is 14. The molecule has 0 aliphatic carbocycles. The second kappa shape index (κ2) is 26.0. The van der Waals surface area contributed by atoms with Gasteiger partial charge in [0.2, 0.25) is 0 Å². The van der Waals surface area contributed by atoms with Crippen LogP contribution in [0, 0.1) is 0 Å². The van der Waals surface area contributed by atoms with Gasteiger partial charge in [0.25, 0.3) is 0 Å². The van der Waals surface area contributed by atoms with E-state index < -0.39 is 6.10 Å². The molecule has 0 aromatic rings. The molecule has 0 aromatic heterocycles. The SMILES string of the molecule is CCCCCCCCCCCCC(O)C(CCCCCCCC(=O)OCC)OCCCCO. The van der Waals surface area contributed by atoms with Gasteiger partial charge in [0.15, 0.2) is 0 Å². The molecule has 0 aromatic carbocycles. The minimum Gasteiger partial charge on any atom is -0.466 e. The van der Waals surface area contributed by atoms with Gasteiger partial charge in [0.1, 0.15) is 0 Å². The largest absolute Gasteiger partial charge is 0.466 e. The molecule has 0 spiro atoms. The molecule has 0 bridgehead atoms. The maximum Gasteiger partial charge on any atom is 0.305 e. The lowest BCUT2D eigenvalue weighted by Gasteiger charge is -2.23. The van der Waals surface area contributed by atoms with E-state index in [0.29, 0.717) is 19.6 Å². The summed E-state index contributed by atoms with van der Waals surface area (Å²) in [6.07, 6.45) is 21.5. The van der Waals surface area contributed by atoms with Gasteiger partial charge in [-0.3, -0.25) is 4.79 Å². The first-order chi connectivity index (χ1) is 16.2. The molecule has 0 radical (unpaired) electrons. The number of carbonyl (C=O) groups excluding carboxylic acids is 1. The van der Waals surface area contributed by atoms with Crippen LogP contribution in [0.3, 0.4) is 0 Å². The van der Waals surface area contributed by atoms with E-state index in [4.69, 9.17) is 14.6 Å². The van der Waals surface area contributed by atoms with Crippen LogP contribution in [0.4, 0.5) is 0 Å². The van der Waals surface area contributed by atoms with Gasteiger partial charge in [-0.2, -0.15) is 0 Å². The highest BCUT2D eigenvalue weighted by Gasteiger charge is 2.19. The minimum atomic E-state index is -0.392. The molecule has 0 fully saturated rings. The zero-order valence-corrected chi connectivity index (χ0v) is 22.0. The molecule has 5 heteroatoms. The number of hydrogen-bond acceptors (Lipinski definition) is 5. The topological polar surface area (TPSA) is 76.0 Å². The van der Waals surface area contributed by atoms with Crippen LogP contribution < -0.4 is 0 Å². The number of aliphatic hydroxyl groups is 2. The molecule has 0 rings (SSSR count). The minimum absolute atomic E-state index is 0.0936. The molecule has 198 valence electrons. The third-order valence-corrected chi connectivity index (χ3v) is 6.34. The number of aliphatic hydroxyl groups excluding tert-OH is 2. The Hall–Kier alpha value is -0.650. The standard InChI is InChI=1S/C28H56O5/c1-3-5-6-7-8-9-10-11-13-16-21-26(30)27(33-25-20-19-24-29)22-17-14-12-15-18-23-28(31)32-4-2/h26-27,29-30H,3-25H2,1-2H3. The fraction of sp³-hybridized carbons (Fsp3) is 0.964. The third-order valence-electron chi connectivity index (χ3n) is 6.34. The van der Waals surface area contributed by atoms with Gasteiger partial charge in [-0.15, -0.1) is 0 Å². The van der Waals surface area contributed by atoms with Gasteiger partial charge in [-0.25, -0.2) is 0 Å². The van der Waals surface area contributed by atoms with Crippen molar-refractivity contribution in [2.45, 2.75) is 154 Å². The Morgan fingerprint density at radius 3 is 1.82 bits per heavy atom. The van der Waals surface area contributed by atoms with E-state index in [9.17, 15) is 9.90 Å².